The predicted molar refractivity (Wildman–Crippen MR) is 89.8 cm³/mol. The molecule has 1 aliphatic heterocycles. The van der Waals surface area contributed by atoms with E-state index in [0.29, 0.717) is 17.8 Å². The van der Waals surface area contributed by atoms with Crippen LogP contribution in [0.2, 0.25) is 0 Å². The number of aryl methyl sites for hydroxylation is 1. The van der Waals surface area contributed by atoms with Crippen LogP contribution in [-0.2, 0) is 11.3 Å². The second-order valence-electron chi connectivity index (χ2n) is 6.19. The Morgan fingerprint density at radius 2 is 1.87 bits per heavy atom. The number of pyridine rings is 1. The Morgan fingerprint density at radius 1 is 1.17 bits per heavy atom. The van der Waals surface area contributed by atoms with Gasteiger partial charge in [-0.1, -0.05) is 29.8 Å². The third-order valence-electron chi connectivity index (χ3n) is 4.41. The van der Waals surface area contributed by atoms with E-state index in [2.05, 4.69) is 0 Å². The molecule has 0 atom stereocenters. The lowest BCUT2D eigenvalue weighted by atomic mass is 9.99. The normalized spacial score (nSPS) is 15.5. The molecule has 2 heterocycles. The molecule has 1 aliphatic rings. The van der Waals surface area contributed by atoms with Gasteiger partial charge in [-0.3, -0.25) is 9.59 Å². The predicted octanol–water partition coefficient (Wildman–Crippen LogP) is 3.06. The molecule has 4 heteroatoms. The number of rotatable bonds is 4. The fraction of sp³-hybridized carbons (Fsp3) is 0.368. The molecule has 0 N–H and O–H groups in total. The first kappa shape index (κ1) is 15.7. The molecule has 0 amide bonds. The van der Waals surface area contributed by atoms with E-state index in [4.69, 9.17) is 4.74 Å². The minimum Gasteiger partial charge on any atom is -0.381 e. The molecule has 1 aromatic carbocycles. The van der Waals surface area contributed by atoms with E-state index in [-0.39, 0.29) is 11.0 Å². The number of hydrogen-bond acceptors (Lipinski definition) is 3. The summed E-state index contributed by atoms with van der Waals surface area (Å²) in [7, 11) is 0. The molecular weight excluding hydrogens is 290 g/mol. The summed E-state index contributed by atoms with van der Waals surface area (Å²) in [5.74, 6) is 0.525. The molecule has 1 saturated heterocycles. The van der Waals surface area contributed by atoms with Crippen molar-refractivity contribution in [2.75, 3.05) is 13.2 Å². The fourth-order valence-electron chi connectivity index (χ4n) is 3.01. The number of nitrogens with zero attached hydrogens (tertiary/aromatic N) is 1. The maximum Gasteiger partial charge on any atom is 0.199 e. The SMILES string of the molecule is Cc1ccc(-c2cn(CC3CCOCC3)cc(C=O)c2=O)cc1. The van der Waals surface area contributed by atoms with Crippen molar-refractivity contribution in [2.24, 2.45) is 5.92 Å². The first-order chi connectivity index (χ1) is 11.2. The van der Waals surface area contributed by atoms with Crippen LogP contribution in [0, 0.1) is 12.8 Å². The zero-order valence-electron chi connectivity index (χ0n) is 13.3. The number of carbonyl (C=O) groups excluding carboxylic acids is 1. The average molecular weight is 311 g/mol. The van der Waals surface area contributed by atoms with Crippen LogP contribution in [-0.4, -0.2) is 24.1 Å². The Morgan fingerprint density at radius 3 is 2.52 bits per heavy atom. The molecule has 1 aromatic heterocycles. The van der Waals surface area contributed by atoms with Crippen LogP contribution < -0.4 is 5.43 Å². The molecule has 1 fully saturated rings. The van der Waals surface area contributed by atoms with Gasteiger partial charge in [0.2, 0.25) is 0 Å². The maximum absolute atomic E-state index is 12.5. The van der Waals surface area contributed by atoms with Gasteiger partial charge < -0.3 is 9.30 Å². The topological polar surface area (TPSA) is 48.3 Å². The van der Waals surface area contributed by atoms with Gasteiger partial charge in [-0.25, -0.2) is 0 Å². The molecule has 0 radical (unpaired) electrons. The molecule has 4 nitrogen and oxygen atoms in total. The van der Waals surface area contributed by atoms with Gasteiger partial charge in [0.05, 0.1) is 5.56 Å². The van der Waals surface area contributed by atoms with Gasteiger partial charge >= 0.3 is 0 Å². The van der Waals surface area contributed by atoms with Gasteiger partial charge in [-0.2, -0.15) is 0 Å². The Labute approximate surface area is 135 Å². The third kappa shape index (κ3) is 3.59. The summed E-state index contributed by atoms with van der Waals surface area (Å²) in [6.07, 6.45) is 6.23. The summed E-state index contributed by atoms with van der Waals surface area (Å²) < 4.78 is 7.37. The van der Waals surface area contributed by atoms with Crippen molar-refractivity contribution >= 4 is 6.29 Å². The first-order valence-corrected chi connectivity index (χ1v) is 8.01. The van der Waals surface area contributed by atoms with E-state index in [1.165, 1.54) is 0 Å². The molecule has 2 aromatic rings. The standard InChI is InChI=1S/C19H21NO3/c1-14-2-4-16(5-3-14)18-12-20(11-17(13-21)19(18)22)10-15-6-8-23-9-7-15/h2-5,11-13,15H,6-10H2,1H3. The molecule has 3 rings (SSSR count). The van der Waals surface area contributed by atoms with Crippen molar-refractivity contribution in [2.45, 2.75) is 26.3 Å². The number of ether oxygens (including phenoxy) is 1. The summed E-state index contributed by atoms with van der Waals surface area (Å²) in [6, 6.07) is 7.81. The van der Waals surface area contributed by atoms with Crippen molar-refractivity contribution in [1.82, 2.24) is 4.57 Å². The van der Waals surface area contributed by atoms with Crippen LogP contribution in [0.25, 0.3) is 11.1 Å². The molecule has 0 unspecified atom stereocenters. The molecule has 120 valence electrons. The van der Waals surface area contributed by atoms with Gasteiger partial charge in [0.25, 0.3) is 0 Å². The third-order valence-corrected chi connectivity index (χ3v) is 4.41. The average Bonchev–Trinajstić information content (AvgIpc) is 2.58. The van der Waals surface area contributed by atoms with Gasteiger partial charge in [0, 0.05) is 37.7 Å². The van der Waals surface area contributed by atoms with Crippen LogP contribution in [0.1, 0.15) is 28.8 Å². The largest absolute Gasteiger partial charge is 0.381 e. The summed E-state index contributed by atoms with van der Waals surface area (Å²) >= 11 is 0. The first-order valence-electron chi connectivity index (χ1n) is 8.01. The molecule has 0 spiro atoms. The molecule has 0 bridgehead atoms. The number of carbonyl (C=O) groups is 1. The Balaban J connectivity index is 1.97. The highest BCUT2D eigenvalue weighted by molar-refractivity contribution is 5.78. The highest BCUT2D eigenvalue weighted by Crippen LogP contribution is 2.20. The summed E-state index contributed by atoms with van der Waals surface area (Å²) in [4.78, 5) is 23.7. The monoisotopic (exact) mass is 311 g/mol. The lowest BCUT2D eigenvalue weighted by Gasteiger charge is -2.23. The quantitative estimate of drug-likeness (QED) is 0.815. The Hall–Kier alpha value is -2.20. The van der Waals surface area contributed by atoms with E-state index in [1.54, 1.807) is 6.20 Å². The van der Waals surface area contributed by atoms with Crippen LogP contribution in [0.4, 0.5) is 0 Å². The van der Waals surface area contributed by atoms with Gasteiger partial charge in [0.15, 0.2) is 11.7 Å². The van der Waals surface area contributed by atoms with E-state index in [9.17, 15) is 9.59 Å². The van der Waals surface area contributed by atoms with Crippen molar-refractivity contribution in [3.63, 3.8) is 0 Å². The fourth-order valence-corrected chi connectivity index (χ4v) is 3.01. The lowest BCUT2D eigenvalue weighted by molar-refractivity contribution is 0.0612. The van der Waals surface area contributed by atoms with Crippen molar-refractivity contribution in [3.05, 3.63) is 58.0 Å². The van der Waals surface area contributed by atoms with E-state index >= 15 is 0 Å². The van der Waals surface area contributed by atoms with Crippen molar-refractivity contribution in [3.8, 4) is 11.1 Å². The number of benzene rings is 1. The Bertz CT molecular complexity index is 740. The minimum absolute atomic E-state index is 0.202. The molecule has 0 saturated carbocycles. The zero-order chi connectivity index (χ0) is 16.2. The highest BCUT2D eigenvalue weighted by Gasteiger charge is 2.16. The summed E-state index contributed by atoms with van der Waals surface area (Å²) in [6.45, 7) is 4.39. The number of aromatic nitrogens is 1. The minimum atomic E-state index is -0.202. The molecule has 0 aliphatic carbocycles. The summed E-state index contributed by atoms with van der Waals surface area (Å²) in [5, 5.41) is 0. The number of hydrogen-bond donors (Lipinski definition) is 0. The second kappa shape index (κ2) is 6.92. The van der Waals surface area contributed by atoms with Gasteiger partial charge in [-0.05, 0) is 31.2 Å². The van der Waals surface area contributed by atoms with Gasteiger partial charge in [0.1, 0.15) is 0 Å². The number of aldehydes is 1. The smallest absolute Gasteiger partial charge is 0.199 e. The zero-order valence-corrected chi connectivity index (χ0v) is 13.3. The Kier molecular flexibility index (Phi) is 4.72. The van der Waals surface area contributed by atoms with E-state index in [1.807, 2.05) is 42.0 Å². The van der Waals surface area contributed by atoms with Gasteiger partial charge in [-0.15, -0.1) is 0 Å². The van der Waals surface area contributed by atoms with Crippen LogP contribution in [0.15, 0.2) is 41.5 Å². The maximum atomic E-state index is 12.5. The van der Waals surface area contributed by atoms with Crippen LogP contribution >= 0.6 is 0 Å². The summed E-state index contributed by atoms with van der Waals surface area (Å²) in [5.41, 5.74) is 2.59. The van der Waals surface area contributed by atoms with Crippen molar-refractivity contribution < 1.29 is 9.53 Å². The molecule has 23 heavy (non-hydrogen) atoms. The van der Waals surface area contributed by atoms with E-state index in [0.717, 1.165) is 43.7 Å². The highest BCUT2D eigenvalue weighted by atomic mass is 16.5. The van der Waals surface area contributed by atoms with Crippen LogP contribution in [0.3, 0.4) is 0 Å². The second-order valence-corrected chi connectivity index (χ2v) is 6.19. The van der Waals surface area contributed by atoms with E-state index < -0.39 is 0 Å². The lowest BCUT2D eigenvalue weighted by Crippen LogP contribution is -2.22. The van der Waals surface area contributed by atoms with Crippen LogP contribution in [0.5, 0.6) is 0 Å². The molecular formula is C19H21NO3. The van der Waals surface area contributed by atoms with Crippen molar-refractivity contribution in [1.29, 1.82) is 0 Å².